The van der Waals surface area contributed by atoms with Crippen molar-refractivity contribution in [2.75, 3.05) is 38.5 Å². The van der Waals surface area contributed by atoms with Gasteiger partial charge in [-0.05, 0) is 38.2 Å². The van der Waals surface area contributed by atoms with Gasteiger partial charge in [0.05, 0.1) is 11.3 Å². The first-order valence-corrected chi connectivity index (χ1v) is 12.2. The molecular formula is C21H33N3O3S. The summed E-state index contributed by atoms with van der Waals surface area (Å²) in [6.45, 7) is 4.81. The molecule has 2 atom stereocenters. The largest absolute Gasteiger partial charge is 0.396 e. The van der Waals surface area contributed by atoms with Gasteiger partial charge in [-0.3, -0.25) is 4.90 Å². The molecule has 1 aromatic carbocycles. The highest BCUT2D eigenvalue weighted by atomic mass is 32.2. The summed E-state index contributed by atoms with van der Waals surface area (Å²) in [5.41, 5.74) is 1.26. The number of aliphatic hydroxyl groups excluding tert-OH is 1. The minimum atomic E-state index is -3.13. The predicted molar refractivity (Wildman–Crippen MR) is 111 cm³/mol. The van der Waals surface area contributed by atoms with E-state index in [2.05, 4.69) is 40.5 Å². The lowest BCUT2D eigenvalue weighted by Crippen LogP contribution is -2.72. The van der Waals surface area contributed by atoms with E-state index in [1.807, 2.05) is 0 Å². The van der Waals surface area contributed by atoms with Crippen LogP contribution in [0.3, 0.4) is 0 Å². The number of piperidine rings is 1. The van der Waals surface area contributed by atoms with E-state index in [1.54, 1.807) is 11.2 Å². The van der Waals surface area contributed by atoms with Crippen LogP contribution in [0.5, 0.6) is 0 Å². The lowest BCUT2D eigenvalue weighted by Gasteiger charge is -2.56. The Morgan fingerprint density at radius 1 is 1.18 bits per heavy atom. The first kappa shape index (κ1) is 20.3. The molecule has 2 heterocycles. The number of nitrogens with one attached hydrogen (secondary N) is 1. The maximum absolute atomic E-state index is 12.1. The van der Waals surface area contributed by atoms with E-state index in [0.717, 1.165) is 25.9 Å². The maximum atomic E-state index is 12.1. The van der Waals surface area contributed by atoms with Gasteiger partial charge in [0, 0.05) is 50.8 Å². The number of sulfonamides is 1. The van der Waals surface area contributed by atoms with E-state index in [0.29, 0.717) is 37.5 Å². The van der Waals surface area contributed by atoms with Crippen molar-refractivity contribution in [3.8, 4) is 0 Å². The molecular weight excluding hydrogens is 374 g/mol. The van der Waals surface area contributed by atoms with Crippen LogP contribution in [0.2, 0.25) is 0 Å². The van der Waals surface area contributed by atoms with Gasteiger partial charge in [0.15, 0.2) is 0 Å². The minimum Gasteiger partial charge on any atom is -0.396 e. The second-order valence-corrected chi connectivity index (χ2v) is 10.9. The van der Waals surface area contributed by atoms with Crippen molar-refractivity contribution < 1.29 is 13.5 Å². The van der Waals surface area contributed by atoms with Gasteiger partial charge in [-0.2, -0.15) is 4.31 Å². The van der Waals surface area contributed by atoms with Gasteiger partial charge in [0.2, 0.25) is 10.0 Å². The first-order chi connectivity index (χ1) is 13.5. The first-order valence-electron chi connectivity index (χ1n) is 10.6. The van der Waals surface area contributed by atoms with Crippen molar-refractivity contribution in [3.05, 3.63) is 35.9 Å². The molecule has 3 fully saturated rings. The fourth-order valence-corrected chi connectivity index (χ4v) is 6.22. The summed E-state index contributed by atoms with van der Waals surface area (Å²) >= 11 is 0. The van der Waals surface area contributed by atoms with Crippen molar-refractivity contribution in [2.45, 2.75) is 56.1 Å². The van der Waals surface area contributed by atoms with Crippen molar-refractivity contribution >= 4 is 10.0 Å². The molecule has 156 valence electrons. The van der Waals surface area contributed by atoms with Gasteiger partial charge in [-0.15, -0.1) is 0 Å². The molecule has 1 aliphatic carbocycles. The lowest BCUT2D eigenvalue weighted by molar-refractivity contribution is -0.0430. The average Bonchev–Trinajstić information content (AvgIpc) is 3.45. The van der Waals surface area contributed by atoms with E-state index in [-0.39, 0.29) is 17.9 Å². The zero-order valence-corrected chi connectivity index (χ0v) is 17.6. The molecule has 2 N–H and O–H groups in total. The number of rotatable bonds is 8. The second kappa shape index (κ2) is 8.03. The van der Waals surface area contributed by atoms with Crippen LogP contribution >= 0.6 is 0 Å². The summed E-state index contributed by atoms with van der Waals surface area (Å²) in [5, 5.41) is 13.4. The maximum Gasteiger partial charge on any atom is 0.213 e. The summed E-state index contributed by atoms with van der Waals surface area (Å²) in [6, 6.07) is 11.9. The third-order valence-electron chi connectivity index (χ3n) is 6.91. The molecule has 2 aliphatic heterocycles. The molecule has 0 radical (unpaired) electrons. The normalized spacial score (nSPS) is 28.8. The molecule has 0 spiro atoms. The molecule has 2 saturated heterocycles. The standard InChI is InChI=1S/C21H33N3O3S/c1-2-28(26,27)24-15-21(16-24,10-13-25)23-11-8-18(9-12-23)22-20-14-19(20)17-6-4-3-5-7-17/h3-7,18-20,22,25H,2,8-16H2,1H3/t19-,20-/m1/s1. The van der Waals surface area contributed by atoms with Gasteiger partial charge >= 0.3 is 0 Å². The Kier molecular flexibility index (Phi) is 5.82. The van der Waals surface area contributed by atoms with Crippen LogP contribution in [-0.4, -0.2) is 78.9 Å². The number of likely N-dealkylation sites (tertiary alicyclic amines) is 1. The molecule has 1 saturated carbocycles. The molecule has 7 heteroatoms. The summed E-state index contributed by atoms with van der Waals surface area (Å²) in [4.78, 5) is 2.44. The Morgan fingerprint density at radius 3 is 2.46 bits per heavy atom. The molecule has 1 aromatic rings. The van der Waals surface area contributed by atoms with Crippen molar-refractivity contribution in [2.24, 2.45) is 0 Å². The van der Waals surface area contributed by atoms with Crippen molar-refractivity contribution in [1.82, 2.24) is 14.5 Å². The summed E-state index contributed by atoms with van der Waals surface area (Å²) in [6.07, 6.45) is 4.06. The molecule has 0 aromatic heterocycles. The molecule has 3 aliphatic rings. The van der Waals surface area contributed by atoms with Gasteiger partial charge < -0.3 is 10.4 Å². The summed E-state index contributed by atoms with van der Waals surface area (Å²) in [7, 11) is -3.13. The van der Waals surface area contributed by atoms with Gasteiger partial charge in [-0.25, -0.2) is 8.42 Å². The Balaban J connectivity index is 1.28. The Morgan fingerprint density at radius 2 is 1.86 bits per heavy atom. The van der Waals surface area contributed by atoms with Gasteiger partial charge in [0.25, 0.3) is 0 Å². The van der Waals surface area contributed by atoms with Gasteiger partial charge in [-0.1, -0.05) is 30.3 Å². The van der Waals surface area contributed by atoms with Gasteiger partial charge in [0.1, 0.15) is 0 Å². The van der Waals surface area contributed by atoms with Crippen LogP contribution in [0.1, 0.15) is 44.1 Å². The fraction of sp³-hybridized carbons (Fsp3) is 0.714. The average molecular weight is 408 g/mol. The van der Waals surface area contributed by atoms with Crippen molar-refractivity contribution in [1.29, 1.82) is 0 Å². The quantitative estimate of drug-likeness (QED) is 0.681. The molecule has 6 nitrogen and oxygen atoms in total. The Labute approximate surface area is 169 Å². The fourth-order valence-electron chi connectivity index (χ4n) is 4.98. The number of benzene rings is 1. The monoisotopic (exact) mass is 407 g/mol. The molecule has 28 heavy (non-hydrogen) atoms. The number of hydrogen-bond donors (Lipinski definition) is 2. The van der Waals surface area contributed by atoms with Crippen LogP contribution in [-0.2, 0) is 10.0 Å². The number of hydrogen-bond acceptors (Lipinski definition) is 5. The molecule has 0 unspecified atom stereocenters. The zero-order chi connectivity index (χ0) is 19.8. The zero-order valence-electron chi connectivity index (χ0n) is 16.8. The van der Waals surface area contributed by atoms with E-state index >= 15 is 0 Å². The molecule has 0 amide bonds. The smallest absolute Gasteiger partial charge is 0.213 e. The third-order valence-corrected chi connectivity index (χ3v) is 8.69. The van der Waals surface area contributed by atoms with Crippen LogP contribution in [0, 0.1) is 0 Å². The highest BCUT2D eigenvalue weighted by Gasteiger charge is 2.51. The van der Waals surface area contributed by atoms with Crippen LogP contribution in [0.25, 0.3) is 0 Å². The lowest BCUT2D eigenvalue weighted by atomic mass is 9.84. The predicted octanol–water partition coefficient (Wildman–Crippen LogP) is 1.38. The highest BCUT2D eigenvalue weighted by Crippen LogP contribution is 2.42. The summed E-state index contributed by atoms with van der Waals surface area (Å²) < 4.78 is 25.8. The molecule has 0 bridgehead atoms. The third kappa shape index (κ3) is 4.00. The van der Waals surface area contributed by atoms with E-state index in [1.165, 1.54) is 12.0 Å². The van der Waals surface area contributed by atoms with E-state index in [9.17, 15) is 13.5 Å². The summed E-state index contributed by atoms with van der Waals surface area (Å²) in [5.74, 6) is 0.803. The topological polar surface area (TPSA) is 72.9 Å². The Hall–Kier alpha value is -0.990. The highest BCUT2D eigenvalue weighted by molar-refractivity contribution is 7.89. The number of nitrogens with zero attached hydrogens (tertiary/aromatic N) is 2. The second-order valence-electron chi connectivity index (χ2n) is 8.65. The number of aliphatic hydroxyl groups is 1. The SMILES string of the molecule is CCS(=O)(=O)N1CC(CCO)(N2CCC(N[C@@H]3C[C@@H]3c3ccccc3)CC2)C1. The van der Waals surface area contributed by atoms with Crippen LogP contribution < -0.4 is 5.32 Å². The van der Waals surface area contributed by atoms with Crippen LogP contribution in [0.4, 0.5) is 0 Å². The van der Waals surface area contributed by atoms with E-state index < -0.39 is 10.0 Å². The minimum absolute atomic E-state index is 0.110. The van der Waals surface area contributed by atoms with Crippen LogP contribution in [0.15, 0.2) is 30.3 Å². The molecule has 4 rings (SSSR count). The Bertz CT molecular complexity index is 756. The van der Waals surface area contributed by atoms with Crippen molar-refractivity contribution in [3.63, 3.8) is 0 Å². The van der Waals surface area contributed by atoms with E-state index in [4.69, 9.17) is 0 Å².